The molecule has 3 aromatic carbocycles. The standard InChI is InChI=1S/C21H16N2/c22-14-16-9-11-17(12-10-16)15-23-20-7-3-1-5-18(20)13-19-6-2-4-8-21(19)23/h1-12H,13,15H2. The lowest BCUT2D eigenvalue weighted by Crippen LogP contribution is -2.22. The molecule has 0 bridgehead atoms. The number of para-hydroxylation sites is 2. The molecule has 110 valence electrons. The van der Waals surface area contributed by atoms with Crippen molar-refractivity contribution in [2.75, 3.05) is 4.90 Å². The lowest BCUT2D eigenvalue weighted by molar-refractivity contribution is 0.926. The molecule has 0 aliphatic carbocycles. The van der Waals surface area contributed by atoms with Crippen LogP contribution in [0.3, 0.4) is 0 Å². The van der Waals surface area contributed by atoms with Crippen LogP contribution in [0.15, 0.2) is 72.8 Å². The largest absolute Gasteiger partial charge is 0.337 e. The van der Waals surface area contributed by atoms with Gasteiger partial charge in [-0.1, -0.05) is 48.5 Å². The van der Waals surface area contributed by atoms with Crippen molar-refractivity contribution in [2.45, 2.75) is 13.0 Å². The monoisotopic (exact) mass is 296 g/mol. The lowest BCUT2D eigenvalue weighted by atomic mass is 9.95. The second-order valence-electron chi connectivity index (χ2n) is 5.83. The van der Waals surface area contributed by atoms with E-state index in [0.29, 0.717) is 5.56 Å². The van der Waals surface area contributed by atoms with E-state index in [2.05, 4.69) is 59.5 Å². The molecule has 4 rings (SSSR count). The van der Waals surface area contributed by atoms with E-state index in [1.54, 1.807) is 0 Å². The van der Waals surface area contributed by atoms with Crippen LogP contribution in [-0.4, -0.2) is 0 Å². The molecule has 1 aliphatic heterocycles. The van der Waals surface area contributed by atoms with Crippen molar-refractivity contribution < 1.29 is 0 Å². The summed E-state index contributed by atoms with van der Waals surface area (Å²) in [4.78, 5) is 2.37. The van der Waals surface area contributed by atoms with E-state index in [0.717, 1.165) is 13.0 Å². The number of anilines is 2. The average molecular weight is 296 g/mol. The minimum Gasteiger partial charge on any atom is -0.337 e. The lowest BCUT2D eigenvalue weighted by Gasteiger charge is -2.33. The normalized spacial score (nSPS) is 12.2. The Morgan fingerprint density at radius 2 is 1.35 bits per heavy atom. The van der Waals surface area contributed by atoms with Gasteiger partial charge in [-0.15, -0.1) is 0 Å². The van der Waals surface area contributed by atoms with E-state index < -0.39 is 0 Å². The van der Waals surface area contributed by atoms with Gasteiger partial charge in [-0.2, -0.15) is 5.26 Å². The SMILES string of the molecule is N#Cc1ccc(CN2c3ccccc3Cc3ccccc32)cc1. The van der Waals surface area contributed by atoms with Crippen molar-refractivity contribution in [3.8, 4) is 6.07 Å². The Morgan fingerprint density at radius 3 is 1.91 bits per heavy atom. The van der Waals surface area contributed by atoms with Crippen LogP contribution in [0.4, 0.5) is 11.4 Å². The quantitative estimate of drug-likeness (QED) is 0.679. The summed E-state index contributed by atoms with van der Waals surface area (Å²) in [6.45, 7) is 0.805. The van der Waals surface area contributed by atoms with E-state index in [9.17, 15) is 0 Å². The van der Waals surface area contributed by atoms with Gasteiger partial charge in [0.15, 0.2) is 0 Å². The number of nitrogens with zero attached hydrogens (tertiary/aromatic N) is 2. The van der Waals surface area contributed by atoms with E-state index in [1.807, 2.05) is 24.3 Å². The van der Waals surface area contributed by atoms with Gasteiger partial charge in [0.2, 0.25) is 0 Å². The summed E-state index contributed by atoms with van der Waals surface area (Å²) in [5.41, 5.74) is 7.18. The van der Waals surface area contributed by atoms with E-state index in [4.69, 9.17) is 5.26 Å². The van der Waals surface area contributed by atoms with Gasteiger partial charge in [-0.25, -0.2) is 0 Å². The van der Waals surface area contributed by atoms with Crippen molar-refractivity contribution in [2.24, 2.45) is 0 Å². The Kier molecular flexibility index (Phi) is 3.33. The summed E-state index contributed by atoms with van der Waals surface area (Å²) < 4.78 is 0. The number of hydrogen-bond donors (Lipinski definition) is 0. The van der Waals surface area contributed by atoms with Gasteiger partial charge in [-0.05, 0) is 41.0 Å². The average Bonchev–Trinajstić information content (AvgIpc) is 2.62. The van der Waals surface area contributed by atoms with Crippen molar-refractivity contribution in [1.82, 2.24) is 0 Å². The topological polar surface area (TPSA) is 27.0 Å². The van der Waals surface area contributed by atoms with Gasteiger partial charge in [0.05, 0.1) is 11.6 Å². The summed E-state index contributed by atoms with van der Waals surface area (Å²) >= 11 is 0. The molecule has 0 aromatic heterocycles. The van der Waals surface area contributed by atoms with Crippen LogP contribution in [0.5, 0.6) is 0 Å². The predicted molar refractivity (Wildman–Crippen MR) is 92.7 cm³/mol. The highest BCUT2D eigenvalue weighted by molar-refractivity contribution is 5.74. The zero-order valence-electron chi connectivity index (χ0n) is 12.7. The molecule has 0 spiro atoms. The zero-order chi connectivity index (χ0) is 15.6. The Labute approximate surface area is 136 Å². The molecule has 0 radical (unpaired) electrons. The highest BCUT2D eigenvalue weighted by Crippen LogP contribution is 2.39. The van der Waals surface area contributed by atoms with Crippen LogP contribution in [0.1, 0.15) is 22.3 Å². The molecule has 2 heteroatoms. The van der Waals surface area contributed by atoms with Crippen molar-refractivity contribution >= 4 is 11.4 Å². The molecule has 3 aromatic rings. The van der Waals surface area contributed by atoms with Gasteiger partial charge < -0.3 is 4.90 Å². The number of benzene rings is 3. The first-order valence-electron chi connectivity index (χ1n) is 7.77. The maximum Gasteiger partial charge on any atom is 0.0991 e. The molecule has 23 heavy (non-hydrogen) atoms. The second kappa shape index (κ2) is 5.62. The molecular formula is C21H16N2. The van der Waals surface area contributed by atoms with Crippen LogP contribution in [0.25, 0.3) is 0 Å². The minimum atomic E-state index is 0.702. The van der Waals surface area contributed by atoms with Crippen LogP contribution in [0.2, 0.25) is 0 Å². The van der Waals surface area contributed by atoms with Crippen LogP contribution in [0, 0.1) is 11.3 Å². The summed E-state index contributed by atoms with van der Waals surface area (Å²) in [7, 11) is 0. The molecule has 2 nitrogen and oxygen atoms in total. The molecule has 0 N–H and O–H groups in total. The molecule has 0 saturated heterocycles. The summed E-state index contributed by atoms with van der Waals surface area (Å²) in [6, 6.07) is 27.2. The van der Waals surface area contributed by atoms with Crippen LogP contribution in [-0.2, 0) is 13.0 Å². The highest BCUT2D eigenvalue weighted by atomic mass is 15.1. The van der Waals surface area contributed by atoms with Crippen LogP contribution >= 0.6 is 0 Å². The predicted octanol–water partition coefficient (Wildman–Crippen LogP) is 4.80. The first-order chi connectivity index (χ1) is 11.3. The highest BCUT2D eigenvalue weighted by Gasteiger charge is 2.21. The molecule has 1 aliphatic rings. The number of fused-ring (bicyclic) bond motifs is 2. The van der Waals surface area contributed by atoms with Crippen molar-refractivity contribution in [3.05, 3.63) is 95.1 Å². The Morgan fingerprint density at radius 1 is 0.783 bits per heavy atom. The zero-order valence-corrected chi connectivity index (χ0v) is 12.7. The van der Waals surface area contributed by atoms with E-state index >= 15 is 0 Å². The first-order valence-corrected chi connectivity index (χ1v) is 7.77. The molecule has 0 amide bonds. The summed E-state index contributed by atoms with van der Waals surface area (Å²) in [6.07, 6.45) is 0.982. The minimum absolute atomic E-state index is 0.702. The number of nitriles is 1. The van der Waals surface area contributed by atoms with E-state index in [-0.39, 0.29) is 0 Å². The fraction of sp³-hybridized carbons (Fsp3) is 0.0952. The second-order valence-corrected chi connectivity index (χ2v) is 5.83. The van der Waals surface area contributed by atoms with Crippen LogP contribution < -0.4 is 4.90 Å². The van der Waals surface area contributed by atoms with Gasteiger partial charge in [0.1, 0.15) is 0 Å². The van der Waals surface area contributed by atoms with Gasteiger partial charge in [0, 0.05) is 24.3 Å². The Bertz CT molecular complexity index is 843. The fourth-order valence-electron chi connectivity index (χ4n) is 3.22. The smallest absolute Gasteiger partial charge is 0.0991 e. The van der Waals surface area contributed by atoms with Gasteiger partial charge >= 0.3 is 0 Å². The molecule has 0 atom stereocenters. The first kappa shape index (κ1) is 13.6. The summed E-state index contributed by atoms with van der Waals surface area (Å²) in [5, 5.41) is 8.95. The molecule has 0 fully saturated rings. The summed E-state index contributed by atoms with van der Waals surface area (Å²) in [5.74, 6) is 0. The third kappa shape index (κ3) is 2.47. The maximum atomic E-state index is 8.95. The van der Waals surface area contributed by atoms with Crippen molar-refractivity contribution in [1.29, 1.82) is 5.26 Å². The molecule has 1 heterocycles. The van der Waals surface area contributed by atoms with Crippen molar-refractivity contribution in [3.63, 3.8) is 0 Å². The Balaban J connectivity index is 1.76. The number of hydrogen-bond acceptors (Lipinski definition) is 2. The fourth-order valence-corrected chi connectivity index (χ4v) is 3.22. The molecular weight excluding hydrogens is 280 g/mol. The van der Waals surface area contributed by atoms with Gasteiger partial charge in [0.25, 0.3) is 0 Å². The number of rotatable bonds is 2. The van der Waals surface area contributed by atoms with Gasteiger partial charge in [-0.3, -0.25) is 0 Å². The molecule has 0 unspecified atom stereocenters. The van der Waals surface area contributed by atoms with E-state index in [1.165, 1.54) is 28.1 Å². The third-order valence-corrected chi connectivity index (χ3v) is 4.37. The Hall–Kier alpha value is -3.05. The molecule has 0 saturated carbocycles. The maximum absolute atomic E-state index is 8.95. The third-order valence-electron chi connectivity index (χ3n) is 4.37.